The van der Waals surface area contributed by atoms with Gasteiger partial charge in [-0.2, -0.15) is 13.2 Å². The summed E-state index contributed by atoms with van der Waals surface area (Å²) in [5.41, 5.74) is 5.79. The normalized spacial score (nSPS) is 22.5. The standard InChI is InChI=1S/C25H26F3N5O2/c1-14-12-30-24(31-13-15-6-3-2-4-7-15)33-20(14)18-11-19(22(29)34)23(35)32-21(18)16-8-5-9-17(10-16)25(26,27)28/h2-4,6-7,9-12,14,20,24,31,33H,5,8,13H2,1H3,(H2,29,34)(H,32,35). The van der Waals surface area contributed by atoms with E-state index in [1.807, 2.05) is 37.3 Å². The van der Waals surface area contributed by atoms with Crippen LogP contribution in [0.2, 0.25) is 0 Å². The molecule has 0 radical (unpaired) electrons. The highest BCUT2D eigenvalue weighted by atomic mass is 19.4. The summed E-state index contributed by atoms with van der Waals surface area (Å²) in [5, 5.41) is 6.64. The van der Waals surface area contributed by atoms with Crippen LogP contribution < -0.4 is 21.9 Å². The van der Waals surface area contributed by atoms with Crippen molar-refractivity contribution in [3.8, 4) is 0 Å². The quantitative estimate of drug-likeness (QED) is 0.501. The molecule has 0 saturated carbocycles. The van der Waals surface area contributed by atoms with Gasteiger partial charge in [0.25, 0.3) is 11.5 Å². The van der Waals surface area contributed by atoms with E-state index < -0.39 is 35.5 Å². The highest BCUT2D eigenvalue weighted by Crippen LogP contribution is 2.37. The van der Waals surface area contributed by atoms with E-state index in [9.17, 15) is 22.8 Å². The van der Waals surface area contributed by atoms with E-state index in [1.54, 1.807) is 6.21 Å². The minimum absolute atomic E-state index is 0.177. The number of aliphatic imine (C=N–C) groups is 1. The minimum Gasteiger partial charge on any atom is -0.365 e. The number of primary amides is 1. The zero-order valence-corrected chi connectivity index (χ0v) is 19.0. The van der Waals surface area contributed by atoms with Crippen molar-refractivity contribution in [3.05, 3.63) is 86.9 Å². The molecule has 0 spiro atoms. The fourth-order valence-corrected chi connectivity index (χ4v) is 4.30. The van der Waals surface area contributed by atoms with Crippen LogP contribution in [0.25, 0.3) is 5.57 Å². The summed E-state index contributed by atoms with van der Waals surface area (Å²) in [6.45, 7) is 2.43. The molecule has 2 aromatic rings. The smallest absolute Gasteiger partial charge is 0.365 e. The number of nitrogens with one attached hydrogen (secondary N) is 3. The van der Waals surface area contributed by atoms with Gasteiger partial charge in [0.2, 0.25) is 0 Å². The van der Waals surface area contributed by atoms with Gasteiger partial charge in [0.1, 0.15) is 5.56 Å². The van der Waals surface area contributed by atoms with Crippen LogP contribution in [0.1, 0.15) is 53.0 Å². The average Bonchev–Trinajstić information content (AvgIpc) is 2.83. The molecule has 4 rings (SSSR count). The third-order valence-corrected chi connectivity index (χ3v) is 6.10. The fraction of sp³-hybridized carbons (Fsp3) is 0.320. The Labute approximate surface area is 200 Å². The summed E-state index contributed by atoms with van der Waals surface area (Å²) < 4.78 is 40.2. The van der Waals surface area contributed by atoms with Crippen molar-refractivity contribution < 1.29 is 18.0 Å². The maximum atomic E-state index is 13.4. The summed E-state index contributed by atoms with van der Waals surface area (Å²) >= 11 is 0. The maximum absolute atomic E-state index is 13.4. The number of rotatable bonds is 6. The lowest BCUT2D eigenvalue weighted by molar-refractivity contribution is -0.0885. The maximum Gasteiger partial charge on any atom is 0.416 e. The molecule has 5 N–H and O–H groups in total. The Hall–Kier alpha value is -3.50. The van der Waals surface area contributed by atoms with Crippen LogP contribution in [0.3, 0.4) is 0 Å². The molecule has 3 atom stereocenters. The molecular weight excluding hydrogens is 459 g/mol. The number of aromatic nitrogens is 1. The van der Waals surface area contributed by atoms with Crippen LogP contribution in [-0.4, -0.2) is 29.6 Å². The molecule has 1 aromatic carbocycles. The van der Waals surface area contributed by atoms with Crippen LogP contribution in [0.4, 0.5) is 13.2 Å². The zero-order chi connectivity index (χ0) is 25.2. The molecule has 0 saturated heterocycles. The van der Waals surface area contributed by atoms with Gasteiger partial charge in [0.15, 0.2) is 6.29 Å². The summed E-state index contributed by atoms with van der Waals surface area (Å²) in [4.78, 5) is 31.6. The van der Waals surface area contributed by atoms with E-state index in [4.69, 9.17) is 5.73 Å². The average molecular weight is 486 g/mol. The van der Waals surface area contributed by atoms with Gasteiger partial charge in [0, 0.05) is 30.4 Å². The second kappa shape index (κ2) is 10.0. The Morgan fingerprint density at radius 1 is 1.26 bits per heavy atom. The van der Waals surface area contributed by atoms with E-state index in [2.05, 4.69) is 20.6 Å². The monoisotopic (exact) mass is 485 g/mol. The van der Waals surface area contributed by atoms with Crippen LogP contribution in [0.5, 0.6) is 0 Å². The molecule has 7 nitrogen and oxygen atoms in total. The van der Waals surface area contributed by atoms with E-state index in [-0.39, 0.29) is 23.6 Å². The number of amides is 1. The van der Waals surface area contributed by atoms with Gasteiger partial charge in [0.05, 0.1) is 5.57 Å². The number of hydrogen-bond donors (Lipinski definition) is 4. The lowest BCUT2D eigenvalue weighted by Gasteiger charge is -2.33. The lowest BCUT2D eigenvalue weighted by Crippen LogP contribution is -2.48. The Kier molecular flexibility index (Phi) is 7.04. The minimum atomic E-state index is -4.51. The van der Waals surface area contributed by atoms with Gasteiger partial charge in [-0.05, 0) is 41.7 Å². The van der Waals surface area contributed by atoms with Crippen LogP contribution in [0, 0.1) is 5.92 Å². The number of hydrogen-bond acceptors (Lipinski definition) is 5. The largest absolute Gasteiger partial charge is 0.416 e. The van der Waals surface area contributed by atoms with Crippen molar-refractivity contribution in [2.75, 3.05) is 0 Å². The first-order valence-electron chi connectivity index (χ1n) is 11.3. The van der Waals surface area contributed by atoms with Crippen LogP contribution in [-0.2, 0) is 6.54 Å². The Balaban J connectivity index is 1.70. The Bertz CT molecular complexity index is 1250. The number of carbonyl (C=O) groups is 1. The third-order valence-electron chi connectivity index (χ3n) is 6.10. The molecule has 2 heterocycles. The molecule has 3 unspecified atom stereocenters. The van der Waals surface area contributed by atoms with Crippen molar-refractivity contribution in [3.63, 3.8) is 0 Å². The first kappa shape index (κ1) is 24.6. The van der Waals surface area contributed by atoms with Crippen molar-refractivity contribution in [1.29, 1.82) is 0 Å². The predicted molar refractivity (Wildman–Crippen MR) is 128 cm³/mol. The summed E-state index contributed by atoms with van der Waals surface area (Å²) in [6.07, 6.45) is -0.571. The van der Waals surface area contributed by atoms with E-state index in [0.717, 1.165) is 17.7 Å². The van der Waals surface area contributed by atoms with Crippen molar-refractivity contribution >= 4 is 17.7 Å². The van der Waals surface area contributed by atoms with Crippen molar-refractivity contribution in [1.82, 2.24) is 15.6 Å². The SMILES string of the molecule is CC1C=NC(NCc2ccccc2)NC1c1cc(C(N)=O)c(=O)[nH]c1C1=CC(C(F)(F)F)=CCC1. The van der Waals surface area contributed by atoms with Gasteiger partial charge in [-0.25, -0.2) is 0 Å². The van der Waals surface area contributed by atoms with Crippen LogP contribution in [0.15, 0.2) is 63.9 Å². The third kappa shape index (κ3) is 5.60. The zero-order valence-electron chi connectivity index (χ0n) is 19.0. The second-order valence-electron chi connectivity index (χ2n) is 8.64. The van der Waals surface area contributed by atoms with Crippen LogP contribution >= 0.6 is 0 Å². The highest BCUT2D eigenvalue weighted by molar-refractivity contribution is 5.93. The number of alkyl halides is 3. The Morgan fingerprint density at radius 2 is 2.00 bits per heavy atom. The van der Waals surface area contributed by atoms with E-state index >= 15 is 0 Å². The molecule has 1 amide bonds. The van der Waals surface area contributed by atoms with Gasteiger partial charge in [-0.15, -0.1) is 0 Å². The summed E-state index contributed by atoms with van der Waals surface area (Å²) in [7, 11) is 0. The molecule has 1 aromatic heterocycles. The van der Waals surface area contributed by atoms with E-state index in [0.29, 0.717) is 24.1 Å². The second-order valence-corrected chi connectivity index (χ2v) is 8.64. The number of pyridine rings is 1. The molecule has 0 fully saturated rings. The number of allylic oxidation sites excluding steroid dienone is 4. The molecule has 10 heteroatoms. The predicted octanol–water partition coefficient (Wildman–Crippen LogP) is 3.56. The molecule has 1 aliphatic heterocycles. The van der Waals surface area contributed by atoms with E-state index in [1.165, 1.54) is 6.07 Å². The molecule has 35 heavy (non-hydrogen) atoms. The number of halogens is 3. The fourth-order valence-electron chi connectivity index (χ4n) is 4.30. The number of nitrogens with zero attached hydrogens (tertiary/aromatic N) is 1. The highest BCUT2D eigenvalue weighted by Gasteiger charge is 2.35. The van der Waals surface area contributed by atoms with Crippen molar-refractivity contribution in [2.24, 2.45) is 16.6 Å². The number of carbonyl (C=O) groups excluding carboxylic acids is 1. The molecule has 184 valence electrons. The molecule has 0 bridgehead atoms. The number of benzene rings is 1. The summed E-state index contributed by atoms with van der Waals surface area (Å²) in [6, 6.07) is 10.7. The molecular formula is C25H26F3N5O2. The number of nitrogens with two attached hydrogens (primary N) is 1. The Morgan fingerprint density at radius 3 is 2.69 bits per heavy atom. The van der Waals surface area contributed by atoms with Gasteiger partial charge in [-0.1, -0.05) is 43.3 Å². The van der Waals surface area contributed by atoms with Gasteiger partial charge in [-0.3, -0.25) is 25.2 Å². The van der Waals surface area contributed by atoms with Gasteiger partial charge < -0.3 is 10.7 Å². The first-order valence-corrected chi connectivity index (χ1v) is 11.3. The van der Waals surface area contributed by atoms with Crippen molar-refractivity contribution in [2.45, 2.75) is 44.8 Å². The summed E-state index contributed by atoms with van der Waals surface area (Å²) in [5.74, 6) is -1.10. The number of H-pyrrole nitrogens is 1. The van der Waals surface area contributed by atoms with Gasteiger partial charge >= 0.3 is 6.18 Å². The molecule has 1 aliphatic carbocycles. The lowest BCUT2D eigenvalue weighted by atomic mass is 9.87. The molecule has 2 aliphatic rings. The number of aromatic amines is 1. The topological polar surface area (TPSA) is 112 Å². The first-order chi connectivity index (χ1) is 16.6.